The molecule has 0 amide bonds. The predicted molar refractivity (Wildman–Crippen MR) is 87.7 cm³/mol. The fraction of sp³-hybridized carbons (Fsp3) is 0.250. The van der Waals surface area contributed by atoms with Crippen molar-refractivity contribution in [3.05, 3.63) is 46.7 Å². The molecular formula is C16H14ClN5O2. The van der Waals surface area contributed by atoms with Crippen molar-refractivity contribution < 1.29 is 8.94 Å². The smallest absolute Gasteiger partial charge is 0.234 e. The minimum atomic E-state index is 0.205. The Balaban J connectivity index is 1.82. The molecule has 24 heavy (non-hydrogen) atoms. The molecule has 0 unspecified atom stereocenters. The van der Waals surface area contributed by atoms with Crippen molar-refractivity contribution in [1.82, 2.24) is 15.1 Å². The Kier molecular flexibility index (Phi) is 4.49. The standard InChI is InChI=1S/C16H14ClN5O2/c1-10-19-14(21-24-10)7-8-22(2)16-13(9-18)20-15(23-16)11-5-3-4-6-12(11)17/h3-6H,7-8H2,1-2H3. The zero-order chi connectivity index (χ0) is 17.1. The first-order valence-corrected chi connectivity index (χ1v) is 7.62. The van der Waals surface area contributed by atoms with Gasteiger partial charge in [-0.15, -0.1) is 0 Å². The van der Waals surface area contributed by atoms with Crippen LogP contribution in [0.15, 0.2) is 33.2 Å². The Bertz CT molecular complexity index is 896. The number of aryl methyl sites for hydroxylation is 1. The summed E-state index contributed by atoms with van der Waals surface area (Å²) in [6.07, 6.45) is 0.556. The summed E-state index contributed by atoms with van der Waals surface area (Å²) in [7, 11) is 1.81. The number of halogens is 1. The van der Waals surface area contributed by atoms with Gasteiger partial charge in [-0.05, 0) is 12.1 Å². The molecule has 0 bridgehead atoms. The highest BCUT2D eigenvalue weighted by atomic mass is 35.5. The van der Waals surface area contributed by atoms with Crippen molar-refractivity contribution in [2.45, 2.75) is 13.3 Å². The van der Waals surface area contributed by atoms with E-state index in [1.165, 1.54) is 0 Å². The largest absolute Gasteiger partial charge is 0.419 e. The van der Waals surface area contributed by atoms with Crippen LogP contribution in [0.3, 0.4) is 0 Å². The number of hydrogen-bond donors (Lipinski definition) is 0. The van der Waals surface area contributed by atoms with Gasteiger partial charge in [-0.25, -0.2) is 0 Å². The summed E-state index contributed by atoms with van der Waals surface area (Å²) in [6.45, 7) is 2.28. The molecule has 0 spiro atoms. The minimum Gasteiger partial charge on any atom is -0.419 e. The van der Waals surface area contributed by atoms with Crippen molar-refractivity contribution in [3.63, 3.8) is 0 Å². The number of oxazole rings is 1. The van der Waals surface area contributed by atoms with E-state index in [0.717, 1.165) is 0 Å². The summed E-state index contributed by atoms with van der Waals surface area (Å²) in [6, 6.07) is 9.24. The Morgan fingerprint density at radius 2 is 2.08 bits per heavy atom. The fourth-order valence-electron chi connectivity index (χ4n) is 2.21. The quantitative estimate of drug-likeness (QED) is 0.702. The molecule has 0 aliphatic carbocycles. The van der Waals surface area contributed by atoms with Crippen LogP contribution in [0.4, 0.5) is 5.88 Å². The lowest BCUT2D eigenvalue weighted by atomic mass is 10.2. The van der Waals surface area contributed by atoms with Crippen LogP contribution >= 0.6 is 11.6 Å². The van der Waals surface area contributed by atoms with Gasteiger partial charge in [-0.1, -0.05) is 28.9 Å². The lowest BCUT2D eigenvalue weighted by Gasteiger charge is -2.14. The van der Waals surface area contributed by atoms with Gasteiger partial charge in [0, 0.05) is 26.9 Å². The monoisotopic (exact) mass is 343 g/mol. The molecule has 0 N–H and O–H groups in total. The minimum absolute atomic E-state index is 0.205. The first-order chi connectivity index (χ1) is 11.6. The Morgan fingerprint density at radius 1 is 1.29 bits per heavy atom. The third-order valence-electron chi connectivity index (χ3n) is 3.41. The number of aromatic nitrogens is 3. The van der Waals surface area contributed by atoms with Crippen LogP contribution in [0.25, 0.3) is 11.5 Å². The predicted octanol–water partition coefficient (Wildman–Crippen LogP) is 3.24. The highest BCUT2D eigenvalue weighted by Gasteiger charge is 2.19. The molecule has 0 aliphatic heterocycles. The summed E-state index contributed by atoms with van der Waals surface area (Å²) < 4.78 is 10.7. The van der Waals surface area contributed by atoms with E-state index in [9.17, 15) is 5.26 Å². The number of likely N-dealkylation sites (N-methyl/N-ethyl adjacent to an activating group) is 1. The van der Waals surface area contributed by atoms with E-state index in [1.54, 1.807) is 24.0 Å². The van der Waals surface area contributed by atoms with Crippen molar-refractivity contribution in [1.29, 1.82) is 5.26 Å². The van der Waals surface area contributed by atoms with Crippen LogP contribution in [-0.4, -0.2) is 28.7 Å². The number of nitrogens with zero attached hydrogens (tertiary/aromatic N) is 5. The molecule has 0 saturated carbocycles. The molecular weight excluding hydrogens is 330 g/mol. The van der Waals surface area contributed by atoms with Crippen molar-refractivity contribution >= 4 is 17.5 Å². The van der Waals surface area contributed by atoms with E-state index in [0.29, 0.717) is 47.0 Å². The van der Waals surface area contributed by atoms with E-state index in [-0.39, 0.29) is 5.69 Å². The molecule has 0 atom stereocenters. The van der Waals surface area contributed by atoms with E-state index in [4.69, 9.17) is 20.5 Å². The molecule has 2 aromatic heterocycles. The van der Waals surface area contributed by atoms with Gasteiger partial charge in [-0.3, -0.25) is 0 Å². The molecule has 7 nitrogen and oxygen atoms in total. The average Bonchev–Trinajstić information content (AvgIpc) is 3.19. The number of benzene rings is 1. The third kappa shape index (κ3) is 3.24. The molecule has 0 radical (unpaired) electrons. The van der Waals surface area contributed by atoms with E-state index >= 15 is 0 Å². The Labute approximate surface area is 143 Å². The summed E-state index contributed by atoms with van der Waals surface area (Å²) in [5.41, 5.74) is 0.848. The number of rotatable bonds is 5. The van der Waals surface area contributed by atoms with Crippen LogP contribution in [0, 0.1) is 18.3 Å². The van der Waals surface area contributed by atoms with Gasteiger partial charge < -0.3 is 13.8 Å². The van der Waals surface area contributed by atoms with E-state index < -0.39 is 0 Å². The summed E-state index contributed by atoms with van der Waals surface area (Å²) in [4.78, 5) is 10.2. The second-order valence-corrected chi connectivity index (χ2v) is 5.57. The first kappa shape index (κ1) is 16.0. The second kappa shape index (κ2) is 6.72. The van der Waals surface area contributed by atoms with Gasteiger partial charge in [0.05, 0.1) is 10.6 Å². The molecule has 0 saturated heterocycles. The van der Waals surface area contributed by atoms with Crippen molar-refractivity contribution in [2.75, 3.05) is 18.5 Å². The van der Waals surface area contributed by atoms with Crippen LogP contribution in [-0.2, 0) is 6.42 Å². The molecule has 0 aliphatic rings. The van der Waals surface area contributed by atoms with Gasteiger partial charge in [0.2, 0.25) is 23.4 Å². The summed E-state index contributed by atoms with van der Waals surface area (Å²) >= 11 is 6.16. The average molecular weight is 344 g/mol. The molecule has 1 aromatic carbocycles. The zero-order valence-corrected chi connectivity index (χ0v) is 13.9. The lowest BCUT2D eigenvalue weighted by molar-refractivity contribution is 0.387. The number of anilines is 1. The summed E-state index contributed by atoms with van der Waals surface area (Å²) in [5, 5.41) is 13.7. The Hall–Kier alpha value is -2.85. The fourth-order valence-corrected chi connectivity index (χ4v) is 2.42. The maximum Gasteiger partial charge on any atom is 0.234 e. The lowest BCUT2D eigenvalue weighted by Crippen LogP contribution is -2.21. The van der Waals surface area contributed by atoms with Gasteiger partial charge in [0.1, 0.15) is 6.07 Å². The van der Waals surface area contributed by atoms with Crippen LogP contribution < -0.4 is 4.90 Å². The topological polar surface area (TPSA) is 92.0 Å². The zero-order valence-electron chi connectivity index (χ0n) is 13.2. The molecule has 3 aromatic rings. The Morgan fingerprint density at radius 3 is 2.75 bits per heavy atom. The highest BCUT2D eigenvalue weighted by Crippen LogP contribution is 2.31. The molecule has 2 heterocycles. The third-order valence-corrected chi connectivity index (χ3v) is 3.74. The highest BCUT2D eigenvalue weighted by molar-refractivity contribution is 6.33. The van der Waals surface area contributed by atoms with Crippen LogP contribution in [0.1, 0.15) is 17.4 Å². The van der Waals surface area contributed by atoms with Gasteiger partial charge in [0.15, 0.2) is 5.82 Å². The second-order valence-electron chi connectivity index (χ2n) is 5.17. The van der Waals surface area contributed by atoms with E-state index in [2.05, 4.69) is 15.1 Å². The van der Waals surface area contributed by atoms with Crippen molar-refractivity contribution in [3.8, 4) is 17.5 Å². The molecule has 0 fully saturated rings. The number of nitriles is 1. The van der Waals surface area contributed by atoms with Gasteiger partial charge in [-0.2, -0.15) is 15.2 Å². The van der Waals surface area contributed by atoms with Gasteiger partial charge in [0.25, 0.3) is 0 Å². The molecule has 8 heteroatoms. The maximum atomic E-state index is 9.31. The van der Waals surface area contributed by atoms with Crippen LogP contribution in [0.2, 0.25) is 5.02 Å². The maximum absolute atomic E-state index is 9.31. The first-order valence-electron chi connectivity index (χ1n) is 7.24. The molecule has 3 rings (SSSR count). The normalized spacial score (nSPS) is 10.6. The van der Waals surface area contributed by atoms with Gasteiger partial charge >= 0.3 is 0 Å². The molecule has 122 valence electrons. The van der Waals surface area contributed by atoms with Crippen LogP contribution in [0.5, 0.6) is 0 Å². The summed E-state index contributed by atoms with van der Waals surface area (Å²) in [5.74, 6) is 1.82. The van der Waals surface area contributed by atoms with Crippen molar-refractivity contribution in [2.24, 2.45) is 0 Å². The number of hydrogen-bond acceptors (Lipinski definition) is 7. The van der Waals surface area contributed by atoms with E-state index in [1.807, 2.05) is 25.2 Å². The SMILES string of the molecule is Cc1nc(CCN(C)c2oc(-c3ccccc3Cl)nc2C#N)no1.